The molecule has 1 aromatic heterocycles. The first-order valence-electron chi connectivity index (χ1n) is 9.67. The van der Waals surface area contributed by atoms with Crippen molar-refractivity contribution >= 4 is 21.4 Å². The van der Waals surface area contributed by atoms with E-state index < -0.39 is 10.0 Å². The Bertz CT molecular complexity index is 1180. The van der Waals surface area contributed by atoms with Crippen molar-refractivity contribution in [2.24, 2.45) is 0 Å². The molecule has 1 aliphatic heterocycles. The average molecular weight is 411 g/mol. The fourth-order valence-corrected chi connectivity index (χ4v) is 5.74. The zero-order valence-corrected chi connectivity index (χ0v) is 18.2. The van der Waals surface area contributed by atoms with E-state index in [9.17, 15) is 8.42 Å². The molecule has 0 aliphatic carbocycles. The fourth-order valence-electron chi connectivity index (χ4n) is 3.87. The van der Waals surface area contributed by atoms with E-state index in [1.54, 1.807) is 16.7 Å². The normalized spacial score (nSPS) is 16.8. The molecule has 0 saturated heterocycles. The van der Waals surface area contributed by atoms with Gasteiger partial charge in [-0.05, 0) is 57.0 Å². The molecular formula is C22H26N4O2S. The van der Waals surface area contributed by atoms with E-state index in [4.69, 9.17) is 0 Å². The van der Waals surface area contributed by atoms with E-state index in [1.807, 2.05) is 75.8 Å². The quantitative estimate of drug-likeness (QED) is 0.658. The molecule has 3 aromatic rings. The number of aromatic nitrogens is 2. The number of nitrogens with zero attached hydrogens (tertiary/aromatic N) is 4. The lowest BCUT2D eigenvalue weighted by Crippen LogP contribution is -2.48. The molecule has 0 spiro atoms. The van der Waals surface area contributed by atoms with Gasteiger partial charge in [-0.3, -0.25) is 4.31 Å². The lowest BCUT2D eigenvalue weighted by Gasteiger charge is -2.41. The second-order valence-corrected chi connectivity index (χ2v) is 9.64. The highest BCUT2D eigenvalue weighted by Crippen LogP contribution is 2.40. The van der Waals surface area contributed by atoms with Gasteiger partial charge in [0.2, 0.25) is 0 Å². The minimum absolute atomic E-state index is 0.0684. The van der Waals surface area contributed by atoms with Gasteiger partial charge in [0.05, 0.1) is 34.8 Å². The van der Waals surface area contributed by atoms with E-state index in [0.717, 1.165) is 33.9 Å². The summed E-state index contributed by atoms with van der Waals surface area (Å²) in [6.45, 7) is 8.17. The summed E-state index contributed by atoms with van der Waals surface area (Å²) in [5, 5.41) is 0. The van der Waals surface area contributed by atoms with Gasteiger partial charge >= 0.3 is 0 Å². The summed E-state index contributed by atoms with van der Waals surface area (Å²) in [5.74, 6) is 0. The Morgan fingerprint density at radius 2 is 1.83 bits per heavy atom. The Kier molecular flexibility index (Phi) is 4.65. The van der Waals surface area contributed by atoms with Crippen LogP contribution < -0.4 is 9.21 Å². The zero-order valence-electron chi connectivity index (χ0n) is 17.4. The molecule has 0 amide bonds. The molecule has 0 N–H and O–H groups in total. The van der Waals surface area contributed by atoms with Gasteiger partial charge in [0, 0.05) is 25.0 Å². The van der Waals surface area contributed by atoms with Gasteiger partial charge < -0.3 is 9.47 Å². The van der Waals surface area contributed by atoms with Crippen LogP contribution in [0.5, 0.6) is 0 Å². The number of anilines is 2. The van der Waals surface area contributed by atoms with Crippen molar-refractivity contribution in [2.75, 3.05) is 22.8 Å². The summed E-state index contributed by atoms with van der Waals surface area (Å²) in [6, 6.07) is 11.5. The first kappa shape index (κ1) is 19.5. The molecule has 0 saturated carbocycles. The summed E-state index contributed by atoms with van der Waals surface area (Å²) in [6.07, 6.45) is 3.59. The number of fused-ring (bicyclic) bond motifs is 1. The SMILES string of the molecule is Cc1cn(-c2ccc(C)c(S(=O)(=O)N3C[C@@H](C)N(C)c4cccc(C)c43)c2)cn1. The molecule has 6 nitrogen and oxygen atoms in total. The van der Waals surface area contributed by atoms with Gasteiger partial charge in [-0.25, -0.2) is 13.4 Å². The van der Waals surface area contributed by atoms with Crippen molar-refractivity contribution in [1.82, 2.24) is 9.55 Å². The predicted molar refractivity (Wildman–Crippen MR) is 117 cm³/mol. The third kappa shape index (κ3) is 3.19. The number of para-hydroxylation sites is 1. The summed E-state index contributed by atoms with van der Waals surface area (Å²) in [5.41, 5.74) is 5.04. The van der Waals surface area contributed by atoms with Gasteiger partial charge in [-0.2, -0.15) is 0 Å². The highest BCUT2D eigenvalue weighted by Gasteiger charge is 2.36. The standard InChI is InChI=1S/C22H26N4O2S/c1-15-9-10-19(25-12-17(3)23-14-25)11-21(15)29(27,28)26-13-18(4)24(5)20-8-6-7-16(2)22(20)26/h6-12,14,18H,13H2,1-5H3/t18-/m1/s1. The second-order valence-electron chi connectivity index (χ2n) is 7.81. The number of hydrogen-bond acceptors (Lipinski definition) is 4. The molecule has 0 bridgehead atoms. The van der Waals surface area contributed by atoms with Crippen molar-refractivity contribution in [3.63, 3.8) is 0 Å². The predicted octanol–water partition coefficient (Wildman–Crippen LogP) is 3.83. The second kappa shape index (κ2) is 6.91. The lowest BCUT2D eigenvalue weighted by atomic mass is 10.1. The highest BCUT2D eigenvalue weighted by atomic mass is 32.2. The Morgan fingerprint density at radius 1 is 1.07 bits per heavy atom. The zero-order chi connectivity index (χ0) is 20.9. The van der Waals surface area contributed by atoms with Crippen molar-refractivity contribution in [3.05, 3.63) is 65.7 Å². The number of sulfonamides is 1. The largest absolute Gasteiger partial charge is 0.368 e. The topological polar surface area (TPSA) is 58.4 Å². The first-order valence-corrected chi connectivity index (χ1v) is 11.1. The van der Waals surface area contributed by atoms with Crippen LogP contribution in [0.3, 0.4) is 0 Å². The minimum atomic E-state index is -3.74. The van der Waals surface area contributed by atoms with Gasteiger partial charge in [-0.15, -0.1) is 0 Å². The van der Waals surface area contributed by atoms with Crippen molar-refractivity contribution in [3.8, 4) is 5.69 Å². The molecule has 29 heavy (non-hydrogen) atoms. The molecule has 2 aromatic carbocycles. The Labute approximate surface area is 172 Å². The number of benzene rings is 2. The molecule has 0 unspecified atom stereocenters. The number of imidazole rings is 1. The number of rotatable bonds is 3. The van der Waals surface area contributed by atoms with Gasteiger partial charge in [0.15, 0.2) is 0 Å². The van der Waals surface area contributed by atoms with Crippen LogP contribution in [0.4, 0.5) is 11.4 Å². The Morgan fingerprint density at radius 3 is 2.52 bits per heavy atom. The molecule has 152 valence electrons. The molecule has 1 aliphatic rings. The summed E-state index contributed by atoms with van der Waals surface area (Å²) in [7, 11) is -1.72. The van der Waals surface area contributed by atoms with Crippen LogP contribution in [0.15, 0.2) is 53.8 Å². The van der Waals surface area contributed by atoms with Crippen LogP contribution in [0, 0.1) is 20.8 Å². The van der Waals surface area contributed by atoms with Gasteiger partial charge in [-0.1, -0.05) is 18.2 Å². The third-order valence-corrected chi connectivity index (χ3v) is 7.59. The van der Waals surface area contributed by atoms with E-state index in [-0.39, 0.29) is 6.04 Å². The van der Waals surface area contributed by atoms with Crippen LogP contribution in [0.25, 0.3) is 5.69 Å². The van der Waals surface area contributed by atoms with Gasteiger partial charge in [0.25, 0.3) is 10.0 Å². The van der Waals surface area contributed by atoms with E-state index in [2.05, 4.69) is 9.88 Å². The molecule has 4 rings (SSSR count). The average Bonchev–Trinajstić information content (AvgIpc) is 3.11. The molecule has 7 heteroatoms. The molecule has 0 fully saturated rings. The summed E-state index contributed by atoms with van der Waals surface area (Å²) >= 11 is 0. The Balaban J connectivity index is 1.87. The number of hydrogen-bond donors (Lipinski definition) is 0. The minimum Gasteiger partial charge on any atom is -0.368 e. The maximum atomic E-state index is 13.8. The maximum absolute atomic E-state index is 13.8. The summed E-state index contributed by atoms with van der Waals surface area (Å²) < 4.78 is 31.1. The van der Waals surface area contributed by atoms with Crippen LogP contribution in [-0.2, 0) is 10.0 Å². The fraction of sp³-hybridized carbons (Fsp3) is 0.318. The monoisotopic (exact) mass is 410 g/mol. The molecule has 0 radical (unpaired) electrons. The van der Waals surface area contributed by atoms with Crippen molar-refractivity contribution < 1.29 is 8.42 Å². The number of aryl methyl sites for hydroxylation is 3. The summed E-state index contributed by atoms with van der Waals surface area (Å²) in [4.78, 5) is 6.73. The van der Waals surface area contributed by atoms with Gasteiger partial charge in [0.1, 0.15) is 0 Å². The van der Waals surface area contributed by atoms with E-state index in [1.165, 1.54) is 0 Å². The first-order chi connectivity index (χ1) is 13.7. The molecule has 1 atom stereocenters. The van der Waals surface area contributed by atoms with Crippen LogP contribution in [0.2, 0.25) is 0 Å². The van der Waals surface area contributed by atoms with E-state index in [0.29, 0.717) is 11.4 Å². The van der Waals surface area contributed by atoms with Crippen molar-refractivity contribution in [2.45, 2.75) is 38.6 Å². The van der Waals surface area contributed by atoms with Crippen LogP contribution in [-0.4, -0.2) is 37.6 Å². The third-order valence-electron chi connectivity index (χ3n) is 5.69. The van der Waals surface area contributed by atoms with Crippen LogP contribution in [0.1, 0.15) is 23.7 Å². The molecular weight excluding hydrogens is 384 g/mol. The Hall–Kier alpha value is -2.80. The lowest BCUT2D eigenvalue weighted by molar-refractivity contribution is 0.578. The smallest absolute Gasteiger partial charge is 0.264 e. The highest BCUT2D eigenvalue weighted by molar-refractivity contribution is 7.93. The maximum Gasteiger partial charge on any atom is 0.264 e. The molecule has 2 heterocycles. The van der Waals surface area contributed by atoms with Crippen LogP contribution >= 0.6 is 0 Å². The number of likely N-dealkylation sites (N-methyl/N-ethyl adjacent to an activating group) is 1. The van der Waals surface area contributed by atoms with Crippen molar-refractivity contribution in [1.29, 1.82) is 0 Å². The van der Waals surface area contributed by atoms with E-state index >= 15 is 0 Å².